The largest absolute Gasteiger partial charge is 0.372 e. The van der Waals surface area contributed by atoms with Crippen molar-refractivity contribution in [2.75, 3.05) is 50.9 Å². The molecule has 0 aromatic carbocycles. The van der Waals surface area contributed by atoms with Gasteiger partial charge in [0, 0.05) is 51.9 Å². The Hall–Kier alpha value is -2.36. The van der Waals surface area contributed by atoms with Crippen LogP contribution in [-0.4, -0.2) is 72.9 Å². The van der Waals surface area contributed by atoms with E-state index in [9.17, 15) is 9.59 Å². The van der Waals surface area contributed by atoms with E-state index in [1.165, 1.54) is 11.8 Å². The maximum atomic E-state index is 12.1. The van der Waals surface area contributed by atoms with Crippen molar-refractivity contribution in [3.63, 3.8) is 0 Å². The first-order valence-corrected chi connectivity index (χ1v) is 11.8. The van der Waals surface area contributed by atoms with E-state index in [0.717, 1.165) is 66.7 Å². The summed E-state index contributed by atoms with van der Waals surface area (Å²) in [6.07, 6.45) is 2.74. The van der Waals surface area contributed by atoms with Gasteiger partial charge in [-0.3, -0.25) is 14.5 Å². The number of pyridine rings is 2. The van der Waals surface area contributed by atoms with E-state index in [2.05, 4.69) is 25.1 Å². The molecule has 0 bridgehead atoms. The van der Waals surface area contributed by atoms with Crippen LogP contribution < -0.4 is 15.8 Å². The van der Waals surface area contributed by atoms with Crippen LogP contribution in [0.25, 0.3) is 0 Å². The number of piperazine rings is 1. The molecule has 1 saturated heterocycles. The van der Waals surface area contributed by atoms with Gasteiger partial charge in [0.05, 0.1) is 29.0 Å². The molecule has 9 heteroatoms. The summed E-state index contributed by atoms with van der Waals surface area (Å²) in [6, 6.07) is 5.73. The molecule has 2 N–H and O–H groups in total. The number of amides is 1. The van der Waals surface area contributed by atoms with E-state index in [4.69, 9.17) is 4.74 Å². The van der Waals surface area contributed by atoms with E-state index in [1.807, 2.05) is 25.3 Å². The molecule has 166 valence electrons. The minimum absolute atomic E-state index is 0.00747. The number of thioether (sulfide) groups is 1. The third kappa shape index (κ3) is 4.78. The van der Waals surface area contributed by atoms with Crippen molar-refractivity contribution < 1.29 is 9.53 Å². The number of rotatable bonds is 5. The van der Waals surface area contributed by atoms with Crippen molar-refractivity contribution in [2.24, 2.45) is 0 Å². The lowest BCUT2D eigenvalue weighted by Crippen LogP contribution is -2.49. The highest BCUT2D eigenvalue weighted by atomic mass is 32.2. The number of nitrogens with zero attached hydrogens (tertiary/aromatic N) is 3. The number of nitrogens with one attached hydrogen (secondary N) is 2. The van der Waals surface area contributed by atoms with Gasteiger partial charge >= 0.3 is 0 Å². The highest BCUT2D eigenvalue weighted by molar-refractivity contribution is 7.98. The standard InChI is InChI=1S/C22H29N5O3S/c1-14-19(5-4-17(24-14)21(28)23-2)27-8-6-26(7-9-27)12-16-11-18-15(13-30-16)10-20(31-3)22(29)25-18/h4-5,10,16H,6-9,11-13H2,1-3H3,(H,23,28)(H,25,29). The van der Waals surface area contributed by atoms with Crippen molar-refractivity contribution in [3.8, 4) is 0 Å². The average molecular weight is 444 g/mol. The number of fused-ring (bicyclic) bond motifs is 1. The molecule has 2 aromatic heterocycles. The molecule has 2 aliphatic heterocycles. The Kier molecular flexibility index (Phi) is 6.64. The number of aromatic amines is 1. The second-order valence-electron chi connectivity index (χ2n) is 7.98. The van der Waals surface area contributed by atoms with Crippen molar-refractivity contribution in [2.45, 2.75) is 31.0 Å². The highest BCUT2D eigenvalue weighted by Gasteiger charge is 2.26. The van der Waals surface area contributed by atoms with Gasteiger partial charge in [0.25, 0.3) is 11.5 Å². The molecule has 0 aliphatic carbocycles. The van der Waals surface area contributed by atoms with Gasteiger partial charge < -0.3 is 19.9 Å². The summed E-state index contributed by atoms with van der Waals surface area (Å²) in [5, 5.41) is 2.61. The fraction of sp³-hybridized carbons (Fsp3) is 0.500. The zero-order valence-corrected chi connectivity index (χ0v) is 19.1. The summed E-state index contributed by atoms with van der Waals surface area (Å²) < 4.78 is 6.09. The third-order valence-corrected chi connectivity index (χ3v) is 6.74. The molecule has 0 radical (unpaired) electrons. The Labute approximate surface area is 186 Å². The number of anilines is 1. The molecule has 2 aromatic rings. The Morgan fingerprint density at radius 1 is 1.32 bits per heavy atom. The number of aryl methyl sites for hydroxylation is 1. The first-order chi connectivity index (χ1) is 15.0. The smallest absolute Gasteiger partial charge is 0.269 e. The minimum Gasteiger partial charge on any atom is -0.372 e. The number of ether oxygens (including phenoxy) is 1. The van der Waals surface area contributed by atoms with Gasteiger partial charge in [-0.2, -0.15) is 0 Å². The van der Waals surface area contributed by atoms with Gasteiger partial charge in [-0.1, -0.05) is 0 Å². The Bertz CT molecular complexity index is 1020. The van der Waals surface area contributed by atoms with Crippen molar-refractivity contribution in [1.82, 2.24) is 20.2 Å². The van der Waals surface area contributed by atoms with Crippen LogP contribution in [-0.2, 0) is 17.8 Å². The summed E-state index contributed by atoms with van der Waals surface area (Å²) in [5.41, 5.74) is 4.49. The second-order valence-corrected chi connectivity index (χ2v) is 8.82. The van der Waals surface area contributed by atoms with Crippen LogP contribution in [0.2, 0.25) is 0 Å². The Morgan fingerprint density at radius 3 is 2.77 bits per heavy atom. The van der Waals surface area contributed by atoms with E-state index < -0.39 is 0 Å². The SMILES string of the molecule is CNC(=O)c1ccc(N2CCN(CC3Cc4[nH]c(=O)c(SC)cc4CO3)CC2)c(C)n1. The average Bonchev–Trinajstić information content (AvgIpc) is 2.78. The van der Waals surface area contributed by atoms with Crippen LogP contribution in [0.5, 0.6) is 0 Å². The van der Waals surface area contributed by atoms with E-state index in [-0.39, 0.29) is 17.6 Å². The van der Waals surface area contributed by atoms with Crippen molar-refractivity contribution >= 4 is 23.4 Å². The summed E-state index contributed by atoms with van der Waals surface area (Å²) in [4.78, 5) is 36.9. The molecule has 8 nitrogen and oxygen atoms in total. The van der Waals surface area contributed by atoms with E-state index >= 15 is 0 Å². The predicted octanol–water partition coefficient (Wildman–Crippen LogP) is 1.42. The molecule has 4 heterocycles. The number of H-pyrrole nitrogens is 1. The molecule has 4 rings (SSSR count). The minimum atomic E-state index is -0.167. The zero-order chi connectivity index (χ0) is 22.0. The highest BCUT2D eigenvalue weighted by Crippen LogP contribution is 2.24. The van der Waals surface area contributed by atoms with Gasteiger partial charge in [0.15, 0.2) is 0 Å². The topological polar surface area (TPSA) is 90.6 Å². The van der Waals surface area contributed by atoms with Gasteiger partial charge in [0.2, 0.25) is 0 Å². The summed E-state index contributed by atoms with van der Waals surface area (Å²) in [5.74, 6) is -0.167. The van der Waals surface area contributed by atoms with Crippen molar-refractivity contribution in [3.05, 3.63) is 51.2 Å². The lowest BCUT2D eigenvalue weighted by Gasteiger charge is -2.38. The first kappa shape index (κ1) is 21.9. The fourth-order valence-corrected chi connectivity index (χ4v) is 4.76. The van der Waals surface area contributed by atoms with Gasteiger partial charge in [-0.25, -0.2) is 4.98 Å². The molecular formula is C22H29N5O3S. The summed E-state index contributed by atoms with van der Waals surface area (Å²) >= 11 is 1.46. The molecular weight excluding hydrogens is 414 g/mol. The van der Waals surface area contributed by atoms with Crippen LogP contribution in [0.3, 0.4) is 0 Å². The first-order valence-electron chi connectivity index (χ1n) is 10.6. The van der Waals surface area contributed by atoms with Crippen LogP contribution in [0.1, 0.15) is 27.4 Å². The predicted molar refractivity (Wildman–Crippen MR) is 122 cm³/mol. The lowest BCUT2D eigenvalue weighted by atomic mass is 10.0. The normalized spacial score (nSPS) is 19.2. The Balaban J connectivity index is 1.33. The van der Waals surface area contributed by atoms with E-state index in [1.54, 1.807) is 13.1 Å². The maximum Gasteiger partial charge on any atom is 0.269 e. The maximum absolute atomic E-state index is 12.1. The third-order valence-electron chi connectivity index (χ3n) is 6.00. The molecule has 2 aliphatic rings. The van der Waals surface area contributed by atoms with Gasteiger partial charge in [-0.15, -0.1) is 11.8 Å². The number of carbonyl (C=O) groups is 1. The quantitative estimate of drug-likeness (QED) is 0.676. The van der Waals surface area contributed by atoms with Crippen LogP contribution >= 0.6 is 11.8 Å². The molecule has 0 spiro atoms. The Morgan fingerprint density at radius 2 is 2.10 bits per heavy atom. The number of hydrogen-bond acceptors (Lipinski definition) is 7. The lowest BCUT2D eigenvalue weighted by molar-refractivity contribution is 0.00262. The zero-order valence-electron chi connectivity index (χ0n) is 18.2. The summed E-state index contributed by atoms with van der Waals surface area (Å²) in [6.45, 7) is 7.03. The van der Waals surface area contributed by atoms with E-state index in [0.29, 0.717) is 12.3 Å². The number of hydrogen-bond donors (Lipinski definition) is 2. The molecule has 31 heavy (non-hydrogen) atoms. The molecule has 1 unspecified atom stereocenters. The van der Waals surface area contributed by atoms with Gasteiger partial charge in [0.1, 0.15) is 5.69 Å². The molecule has 0 saturated carbocycles. The van der Waals surface area contributed by atoms with Crippen LogP contribution in [0.4, 0.5) is 5.69 Å². The molecule has 1 amide bonds. The van der Waals surface area contributed by atoms with Gasteiger partial charge in [-0.05, 0) is 36.9 Å². The van der Waals surface area contributed by atoms with Crippen LogP contribution in [0, 0.1) is 6.92 Å². The van der Waals surface area contributed by atoms with Crippen molar-refractivity contribution in [1.29, 1.82) is 0 Å². The second kappa shape index (κ2) is 9.42. The summed E-state index contributed by atoms with van der Waals surface area (Å²) in [7, 11) is 1.61. The number of aromatic nitrogens is 2. The van der Waals surface area contributed by atoms with Crippen LogP contribution in [0.15, 0.2) is 27.9 Å². The molecule has 1 fully saturated rings. The monoisotopic (exact) mass is 443 g/mol. The number of carbonyl (C=O) groups excluding carboxylic acids is 1. The fourth-order valence-electron chi connectivity index (χ4n) is 4.27. The molecule has 1 atom stereocenters.